The number of ether oxygens (including phenoxy) is 2. The van der Waals surface area contributed by atoms with Gasteiger partial charge >= 0.3 is 6.16 Å². The first-order valence-corrected chi connectivity index (χ1v) is 6.73. The lowest BCUT2D eigenvalue weighted by Gasteiger charge is -2.16. The lowest BCUT2D eigenvalue weighted by molar-refractivity contribution is 0.0893. The van der Waals surface area contributed by atoms with Crippen molar-refractivity contribution < 1.29 is 14.3 Å². The van der Waals surface area contributed by atoms with E-state index in [4.69, 9.17) is 9.47 Å². The zero-order valence-electron chi connectivity index (χ0n) is 11.5. The van der Waals surface area contributed by atoms with E-state index in [1.165, 1.54) is 0 Å². The van der Waals surface area contributed by atoms with Gasteiger partial charge in [0.1, 0.15) is 12.4 Å². The second-order valence-corrected chi connectivity index (χ2v) is 4.36. The van der Waals surface area contributed by atoms with Crippen molar-refractivity contribution in [2.45, 2.75) is 19.8 Å². The van der Waals surface area contributed by atoms with E-state index in [1.807, 2.05) is 49.4 Å². The summed E-state index contributed by atoms with van der Waals surface area (Å²) in [6.07, 6.45) is 8.74. The molecule has 1 aliphatic carbocycles. The molecule has 0 bridgehead atoms. The maximum absolute atomic E-state index is 11.6. The van der Waals surface area contributed by atoms with Crippen molar-refractivity contribution >= 4 is 11.7 Å². The largest absolute Gasteiger partial charge is 0.514 e. The molecule has 104 valence electrons. The minimum atomic E-state index is -0.668. The average molecular weight is 270 g/mol. The van der Waals surface area contributed by atoms with Gasteiger partial charge in [0.05, 0.1) is 0 Å². The van der Waals surface area contributed by atoms with E-state index in [0.717, 1.165) is 24.0 Å². The molecule has 2 rings (SSSR count). The van der Waals surface area contributed by atoms with Gasteiger partial charge in [0, 0.05) is 5.57 Å². The van der Waals surface area contributed by atoms with Gasteiger partial charge in [-0.3, -0.25) is 0 Å². The first-order chi connectivity index (χ1) is 9.81. The first-order valence-electron chi connectivity index (χ1n) is 6.73. The highest BCUT2D eigenvalue weighted by Gasteiger charge is 2.16. The maximum Gasteiger partial charge on any atom is 0.514 e. The van der Waals surface area contributed by atoms with Gasteiger partial charge in [0.25, 0.3) is 0 Å². The Kier molecular flexibility index (Phi) is 5.18. The monoisotopic (exact) mass is 270 g/mol. The SMILES string of the molecule is C/C=C/COC(=O)OC1=CCCC=C1c1ccccc1. The zero-order chi connectivity index (χ0) is 14.2. The molecule has 0 atom stereocenters. The van der Waals surface area contributed by atoms with E-state index in [0.29, 0.717) is 5.76 Å². The van der Waals surface area contributed by atoms with Gasteiger partial charge in [-0.25, -0.2) is 4.79 Å². The van der Waals surface area contributed by atoms with Crippen LogP contribution >= 0.6 is 0 Å². The Morgan fingerprint density at radius 3 is 2.70 bits per heavy atom. The molecule has 0 heterocycles. The van der Waals surface area contributed by atoms with Crippen molar-refractivity contribution in [3.05, 3.63) is 66.0 Å². The van der Waals surface area contributed by atoms with Crippen LogP contribution in [0.1, 0.15) is 25.3 Å². The topological polar surface area (TPSA) is 35.5 Å². The fraction of sp³-hybridized carbons (Fsp3) is 0.235. The van der Waals surface area contributed by atoms with Crippen LogP contribution in [-0.4, -0.2) is 12.8 Å². The van der Waals surface area contributed by atoms with Crippen LogP contribution in [-0.2, 0) is 9.47 Å². The van der Waals surface area contributed by atoms with E-state index >= 15 is 0 Å². The highest BCUT2D eigenvalue weighted by molar-refractivity contribution is 5.80. The number of rotatable bonds is 4. The Labute approximate surface area is 119 Å². The van der Waals surface area contributed by atoms with Crippen LogP contribution in [0.3, 0.4) is 0 Å². The second kappa shape index (κ2) is 7.34. The number of carbonyl (C=O) groups excluding carboxylic acids is 1. The molecule has 0 saturated heterocycles. The quantitative estimate of drug-likeness (QED) is 0.598. The van der Waals surface area contributed by atoms with Crippen molar-refractivity contribution in [1.29, 1.82) is 0 Å². The van der Waals surface area contributed by atoms with Crippen molar-refractivity contribution in [2.75, 3.05) is 6.61 Å². The Balaban J connectivity index is 2.04. The highest BCUT2D eigenvalue weighted by atomic mass is 16.7. The Bertz CT molecular complexity index is 539. The maximum atomic E-state index is 11.6. The summed E-state index contributed by atoms with van der Waals surface area (Å²) in [6.45, 7) is 2.10. The Morgan fingerprint density at radius 1 is 1.20 bits per heavy atom. The number of hydrogen-bond acceptors (Lipinski definition) is 3. The van der Waals surface area contributed by atoms with Crippen molar-refractivity contribution in [3.8, 4) is 0 Å². The molecule has 0 fully saturated rings. The number of carbonyl (C=O) groups is 1. The number of hydrogen-bond donors (Lipinski definition) is 0. The van der Waals surface area contributed by atoms with E-state index in [9.17, 15) is 4.79 Å². The summed E-state index contributed by atoms with van der Waals surface area (Å²) in [7, 11) is 0. The summed E-state index contributed by atoms with van der Waals surface area (Å²) in [5.41, 5.74) is 1.99. The van der Waals surface area contributed by atoms with Crippen LogP contribution in [0.25, 0.3) is 5.57 Å². The molecule has 0 saturated carbocycles. The molecule has 3 heteroatoms. The summed E-state index contributed by atoms with van der Waals surface area (Å²) < 4.78 is 10.3. The van der Waals surface area contributed by atoms with Crippen LogP contribution in [0.2, 0.25) is 0 Å². The summed E-state index contributed by atoms with van der Waals surface area (Å²) in [5.74, 6) is 0.577. The van der Waals surface area contributed by atoms with E-state index < -0.39 is 6.16 Å². The summed E-state index contributed by atoms with van der Waals surface area (Å²) in [4.78, 5) is 11.6. The predicted molar refractivity (Wildman–Crippen MR) is 79.0 cm³/mol. The number of benzene rings is 1. The molecular formula is C17H18O3. The molecule has 0 aliphatic heterocycles. The van der Waals surface area contributed by atoms with Crippen LogP contribution < -0.4 is 0 Å². The highest BCUT2D eigenvalue weighted by Crippen LogP contribution is 2.29. The molecule has 0 N–H and O–H groups in total. The van der Waals surface area contributed by atoms with Crippen molar-refractivity contribution in [2.24, 2.45) is 0 Å². The van der Waals surface area contributed by atoms with Crippen LogP contribution in [0, 0.1) is 0 Å². The van der Waals surface area contributed by atoms with Gasteiger partial charge in [0.15, 0.2) is 0 Å². The van der Waals surface area contributed by atoms with Crippen molar-refractivity contribution in [3.63, 3.8) is 0 Å². The molecule has 0 aromatic heterocycles. The van der Waals surface area contributed by atoms with Crippen molar-refractivity contribution in [1.82, 2.24) is 0 Å². The molecule has 1 aromatic rings. The molecule has 0 radical (unpaired) electrons. The molecule has 0 spiro atoms. The lowest BCUT2D eigenvalue weighted by Crippen LogP contribution is -2.09. The second-order valence-electron chi connectivity index (χ2n) is 4.36. The predicted octanol–water partition coefficient (Wildman–Crippen LogP) is 4.48. The van der Waals surface area contributed by atoms with E-state index in [1.54, 1.807) is 6.08 Å². The van der Waals surface area contributed by atoms with Gasteiger partial charge < -0.3 is 9.47 Å². The lowest BCUT2D eigenvalue weighted by atomic mass is 9.98. The summed E-state index contributed by atoms with van der Waals surface area (Å²) in [6, 6.07) is 9.89. The Hall–Kier alpha value is -2.29. The number of allylic oxidation sites excluding steroid dienone is 4. The standard InChI is InChI=1S/C17H18O3/c1-2-3-13-19-17(18)20-16-12-8-7-11-15(16)14-9-5-4-6-10-14/h2-6,9-12H,7-8,13H2,1H3/b3-2+. The molecule has 1 aliphatic rings. The first kappa shape index (κ1) is 14.1. The minimum absolute atomic E-state index is 0.229. The van der Waals surface area contributed by atoms with Crippen LogP contribution in [0.4, 0.5) is 4.79 Å². The molecule has 0 amide bonds. The minimum Gasteiger partial charge on any atom is -0.430 e. The molecule has 1 aromatic carbocycles. The normalized spacial score (nSPS) is 14.7. The van der Waals surface area contributed by atoms with Gasteiger partial charge in [-0.1, -0.05) is 48.6 Å². The third kappa shape index (κ3) is 3.85. The van der Waals surface area contributed by atoms with Crippen LogP contribution in [0.15, 0.2) is 60.4 Å². The summed E-state index contributed by atoms with van der Waals surface area (Å²) >= 11 is 0. The summed E-state index contributed by atoms with van der Waals surface area (Å²) in [5, 5.41) is 0. The molecule has 20 heavy (non-hydrogen) atoms. The van der Waals surface area contributed by atoms with Crippen LogP contribution in [0.5, 0.6) is 0 Å². The van der Waals surface area contributed by atoms with Gasteiger partial charge in [0.2, 0.25) is 0 Å². The van der Waals surface area contributed by atoms with E-state index in [2.05, 4.69) is 6.08 Å². The third-order valence-electron chi connectivity index (χ3n) is 2.92. The molecule has 3 nitrogen and oxygen atoms in total. The van der Waals surface area contributed by atoms with Gasteiger partial charge in [-0.2, -0.15) is 0 Å². The third-order valence-corrected chi connectivity index (χ3v) is 2.92. The Morgan fingerprint density at radius 2 is 1.95 bits per heavy atom. The average Bonchev–Trinajstić information content (AvgIpc) is 2.49. The van der Waals surface area contributed by atoms with E-state index in [-0.39, 0.29) is 6.61 Å². The zero-order valence-corrected chi connectivity index (χ0v) is 11.5. The fourth-order valence-electron chi connectivity index (χ4n) is 1.96. The smallest absolute Gasteiger partial charge is 0.430 e. The van der Waals surface area contributed by atoms with Gasteiger partial charge in [-0.05, 0) is 31.4 Å². The molecular weight excluding hydrogens is 252 g/mol. The van der Waals surface area contributed by atoms with Gasteiger partial charge in [-0.15, -0.1) is 0 Å². The fourth-order valence-corrected chi connectivity index (χ4v) is 1.96. The molecule has 0 unspecified atom stereocenters.